The molecular formula is C8H14N2O4. The Morgan fingerprint density at radius 2 is 2.07 bits per heavy atom. The van der Waals surface area contributed by atoms with E-state index in [9.17, 15) is 15.3 Å². The SMILES string of the molecule is COC(O)(O)C(C)(O)Cn1ccnc1. The summed E-state index contributed by atoms with van der Waals surface area (Å²) in [5.74, 6) is -2.59. The Kier molecular flexibility index (Phi) is 2.91. The van der Waals surface area contributed by atoms with Crippen LogP contribution in [0, 0.1) is 0 Å². The summed E-state index contributed by atoms with van der Waals surface area (Å²) in [5, 5.41) is 28.3. The summed E-state index contributed by atoms with van der Waals surface area (Å²) in [5.41, 5.74) is -1.82. The van der Waals surface area contributed by atoms with Crippen LogP contribution in [0.3, 0.4) is 0 Å². The highest BCUT2D eigenvalue weighted by atomic mass is 16.8. The van der Waals surface area contributed by atoms with Crippen molar-refractivity contribution in [3.8, 4) is 0 Å². The van der Waals surface area contributed by atoms with E-state index in [2.05, 4.69) is 9.72 Å². The number of nitrogens with zero attached hydrogens (tertiary/aromatic N) is 2. The van der Waals surface area contributed by atoms with E-state index in [4.69, 9.17) is 0 Å². The van der Waals surface area contributed by atoms with E-state index < -0.39 is 11.6 Å². The van der Waals surface area contributed by atoms with Gasteiger partial charge in [-0.1, -0.05) is 0 Å². The standard InChI is InChI=1S/C8H14N2O4/c1-7(11,8(12,13)14-2)5-10-4-3-9-6-10/h3-4,6,11-13H,5H2,1-2H3. The second kappa shape index (κ2) is 3.66. The maximum Gasteiger partial charge on any atom is 0.309 e. The molecule has 0 aliphatic carbocycles. The summed E-state index contributed by atoms with van der Waals surface area (Å²) in [6.07, 6.45) is 4.58. The van der Waals surface area contributed by atoms with Crippen molar-refractivity contribution in [3.05, 3.63) is 18.7 Å². The molecule has 0 bridgehead atoms. The van der Waals surface area contributed by atoms with Crippen LogP contribution >= 0.6 is 0 Å². The summed E-state index contributed by atoms with van der Waals surface area (Å²) < 4.78 is 5.89. The van der Waals surface area contributed by atoms with Crippen molar-refractivity contribution < 1.29 is 20.1 Å². The molecule has 0 radical (unpaired) electrons. The molecule has 0 aromatic carbocycles. The summed E-state index contributed by atoms with van der Waals surface area (Å²) in [7, 11) is 1.10. The second-order valence-corrected chi connectivity index (χ2v) is 3.32. The van der Waals surface area contributed by atoms with Crippen molar-refractivity contribution in [1.29, 1.82) is 0 Å². The average molecular weight is 202 g/mol. The maximum atomic E-state index is 9.74. The van der Waals surface area contributed by atoms with Crippen LogP contribution in [0.15, 0.2) is 18.7 Å². The molecular weight excluding hydrogens is 188 g/mol. The van der Waals surface area contributed by atoms with Crippen molar-refractivity contribution in [2.45, 2.75) is 25.0 Å². The first-order chi connectivity index (χ1) is 6.39. The summed E-state index contributed by atoms with van der Waals surface area (Å²) in [6.45, 7) is 1.23. The number of hydrogen-bond acceptors (Lipinski definition) is 5. The van der Waals surface area contributed by atoms with Crippen LogP contribution in [-0.2, 0) is 11.3 Å². The lowest BCUT2D eigenvalue weighted by atomic mass is 10.0. The Morgan fingerprint density at radius 1 is 1.43 bits per heavy atom. The van der Waals surface area contributed by atoms with Gasteiger partial charge in [-0.2, -0.15) is 0 Å². The topological polar surface area (TPSA) is 87.7 Å². The van der Waals surface area contributed by atoms with Crippen molar-refractivity contribution in [2.24, 2.45) is 0 Å². The van der Waals surface area contributed by atoms with Gasteiger partial charge < -0.3 is 24.6 Å². The van der Waals surface area contributed by atoms with Gasteiger partial charge >= 0.3 is 5.97 Å². The molecule has 1 rings (SSSR count). The second-order valence-electron chi connectivity index (χ2n) is 3.32. The summed E-state index contributed by atoms with van der Waals surface area (Å²) in [6, 6.07) is 0. The number of aliphatic hydroxyl groups is 3. The Bertz CT molecular complexity index is 282. The molecule has 14 heavy (non-hydrogen) atoms. The van der Waals surface area contributed by atoms with Gasteiger partial charge in [0.15, 0.2) is 5.60 Å². The number of imidazole rings is 1. The molecule has 0 saturated carbocycles. The fraction of sp³-hybridized carbons (Fsp3) is 0.625. The first-order valence-corrected chi connectivity index (χ1v) is 4.07. The number of ether oxygens (including phenoxy) is 1. The van der Waals surface area contributed by atoms with Crippen LogP contribution in [0.4, 0.5) is 0 Å². The Labute approximate surface area is 81.4 Å². The normalized spacial score (nSPS) is 16.6. The monoisotopic (exact) mass is 202 g/mol. The highest BCUT2D eigenvalue weighted by molar-refractivity contribution is 4.85. The van der Waals surface area contributed by atoms with Crippen molar-refractivity contribution in [2.75, 3.05) is 7.11 Å². The minimum absolute atomic E-state index is 0.0339. The van der Waals surface area contributed by atoms with Gasteiger partial charge in [-0.15, -0.1) is 0 Å². The van der Waals surface area contributed by atoms with Crippen LogP contribution in [-0.4, -0.2) is 43.6 Å². The molecule has 3 N–H and O–H groups in total. The lowest BCUT2D eigenvalue weighted by Crippen LogP contribution is -2.55. The van der Waals surface area contributed by atoms with Crippen LogP contribution in [0.2, 0.25) is 0 Å². The Morgan fingerprint density at radius 3 is 2.50 bits per heavy atom. The van der Waals surface area contributed by atoms with Crippen LogP contribution in [0.25, 0.3) is 0 Å². The quantitative estimate of drug-likeness (QED) is 0.540. The highest BCUT2D eigenvalue weighted by Crippen LogP contribution is 2.21. The molecule has 1 aromatic rings. The Balaban J connectivity index is 2.76. The van der Waals surface area contributed by atoms with E-state index in [1.807, 2.05) is 0 Å². The van der Waals surface area contributed by atoms with Gasteiger partial charge in [-0.3, -0.25) is 0 Å². The molecule has 0 fully saturated rings. The number of methoxy groups -OCH3 is 1. The molecule has 1 atom stereocenters. The maximum absolute atomic E-state index is 9.74. The van der Waals surface area contributed by atoms with Crippen LogP contribution in [0.5, 0.6) is 0 Å². The minimum atomic E-state index is -2.59. The molecule has 0 aliphatic heterocycles. The third-order valence-electron chi connectivity index (χ3n) is 2.04. The van der Waals surface area contributed by atoms with Crippen LogP contribution in [0.1, 0.15) is 6.92 Å². The zero-order valence-electron chi connectivity index (χ0n) is 8.08. The molecule has 0 spiro atoms. The predicted octanol–water partition coefficient (Wildman–Crippen LogP) is -1.08. The molecule has 80 valence electrons. The third-order valence-corrected chi connectivity index (χ3v) is 2.04. The zero-order valence-corrected chi connectivity index (χ0v) is 8.08. The van der Waals surface area contributed by atoms with Gasteiger partial charge in [0.2, 0.25) is 0 Å². The van der Waals surface area contributed by atoms with Crippen molar-refractivity contribution >= 4 is 0 Å². The van der Waals surface area contributed by atoms with E-state index in [1.54, 1.807) is 6.20 Å². The lowest BCUT2D eigenvalue weighted by Gasteiger charge is -2.34. The predicted molar refractivity (Wildman–Crippen MR) is 47.0 cm³/mol. The molecule has 1 unspecified atom stereocenters. The number of hydrogen-bond donors (Lipinski definition) is 3. The summed E-state index contributed by atoms with van der Waals surface area (Å²) >= 11 is 0. The molecule has 1 heterocycles. The number of aromatic nitrogens is 2. The zero-order chi connectivity index (χ0) is 10.8. The van der Waals surface area contributed by atoms with Crippen LogP contribution < -0.4 is 0 Å². The fourth-order valence-electron chi connectivity index (χ4n) is 1.06. The molecule has 6 nitrogen and oxygen atoms in total. The van der Waals surface area contributed by atoms with E-state index in [0.717, 1.165) is 7.11 Å². The fourth-order valence-corrected chi connectivity index (χ4v) is 1.06. The first kappa shape index (κ1) is 11.1. The van der Waals surface area contributed by atoms with Crippen molar-refractivity contribution in [1.82, 2.24) is 9.55 Å². The van der Waals surface area contributed by atoms with Gasteiger partial charge in [-0.25, -0.2) is 4.98 Å². The minimum Gasteiger partial charge on any atom is -0.380 e. The van der Waals surface area contributed by atoms with E-state index >= 15 is 0 Å². The molecule has 6 heteroatoms. The van der Waals surface area contributed by atoms with E-state index in [1.165, 1.54) is 24.0 Å². The van der Waals surface area contributed by atoms with Crippen molar-refractivity contribution in [3.63, 3.8) is 0 Å². The first-order valence-electron chi connectivity index (χ1n) is 4.07. The average Bonchev–Trinajstić information content (AvgIpc) is 2.55. The highest BCUT2D eigenvalue weighted by Gasteiger charge is 2.45. The smallest absolute Gasteiger partial charge is 0.309 e. The molecule has 0 aliphatic rings. The molecule has 0 saturated heterocycles. The Hall–Kier alpha value is -0.950. The van der Waals surface area contributed by atoms with Gasteiger partial charge in [-0.05, 0) is 6.92 Å². The molecule has 1 aromatic heterocycles. The number of rotatable bonds is 4. The van der Waals surface area contributed by atoms with Gasteiger partial charge in [0, 0.05) is 19.5 Å². The van der Waals surface area contributed by atoms with Gasteiger partial charge in [0.1, 0.15) is 0 Å². The third kappa shape index (κ3) is 2.10. The largest absolute Gasteiger partial charge is 0.380 e. The lowest BCUT2D eigenvalue weighted by molar-refractivity contribution is -0.399. The van der Waals surface area contributed by atoms with E-state index in [-0.39, 0.29) is 6.54 Å². The summed E-state index contributed by atoms with van der Waals surface area (Å²) in [4.78, 5) is 3.76. The molecule has 0 amide bonds. The van der Waals surface area contributed by atoms with Gasteiger partial charge in [0.05, 0.1) is 12.9 Å². The van der Waals surface area contributed by atoms with Gasteiger partial charge in [0.25, 0.3) is 0 Å². The van der Waals surface area contributed by atoms with E-state index in [0.29, 0.717) is 0 Å².